The smallest absolute Gasteiger partial charge is 0.240 e. The van der Waals surface area contributed by atoms with Gasteiger partial charge in [-0.1, -0.05) is 48.5 Å². The quantitative estimate of drug-likeness (QED) is 0.831. The topological polar surface area (TPSA) is 32.3 Å². The Balaban J connectivity index is 1.54. The highest BCUT2D eigenvalue weighted by Crippen LogP contribution is 2.37. The fourth-order valence-electron chi connectivity index (χ4n) is 4.13. The first-order valence-electron chi connectivity index (χ1n) is 9.57. The van der Waals surface area contributed by atoms with Gasteiger partial charge in [0.2, 0.25) is 5.91 Å². The Hall–Kier alpha value is -1.78. The van der Waals surface area contributed by atoms with Gasteiger partial charge in [0, 0.05) is 18.0 Å². The minimum Gasteiger partial charge on any atom is -0.341 e. The van der Waals surface area contributed by atoms with Crippen LogP contribution in [0.5, 0.6) is 0 Å². The summed E-state index contributed by atoms with van der Waals surface area (Å²) in [6, 6.07) is 20.5. The zero-order valence-electron chi connectivity index (χ0n) is 15.0. The SMILES string of the molecule is O=C(C(Sc1ccccc1)c1ccccc1)N1CC[C@@H]2CNC[C@@H]2CC1. The molecule has 2 aromatic carbocycles. The highest BCUT2D eigenvalue weighted by molar-refractivity contribution is 8.00. The van der Waals surface area contributed by atoms with Crippen LogP contribution < -0.4 is 5.32 Å². The second kappa shape index (κ2) is 8.28. The molecule has 0 saturated carbocycles. The normalized spacial score (nSPS) is 23.9. The van der Waals surface area contributed by atoms with Crippen molar-refractivity contribution < 1.29 is 4.79 Å². The first kappa shape index (κ1) is 17.6. The molecule has 0 aliphatic carbocycles. The second-order valence-corrected chi connectivity index (χ2v) is 8.48. The average molecular weight is 367 g/mol. The van der Waals surface area contributed by atoms with Crippen LogP contribution >= 0.6 is 11.8 Å². The lowest BCUT2D eigenvalue weighted by atomic mass is 9.92. The van der Waals surface area contributed by atoms with E-state index in [9.17, 15) is 4.79 Å². The molecule has 0 bridgehead atoms. The predicted molar refractivity (Wildman–Crippen MR) is 107 cm³/mol. The van der Waals surface area contributed by atoms with Crippen LogP contribution in [0, 0.1) is 11.8 Å². The molecule has 3 nitrogen and oxygen atoms in total. The molecule has 4 heteroatoms. The standard InChI is InChI=1S/C22H26N2OS/c25-22(24-13-11-18-15-23-16-19(18)12-14-24)21(17-7-3-1-4-8-17)26-20-9-5-2-6-10-20/h1-10,18-19,21,23H,11-16H2/t18-,19+,21?. The first-order chi connectivity index (χ1) is 12.8. The van der Waals surface area contributed by atoms with Gasteiger partial charge < -0.3 is 10.2 Å². The Labute approximate surface area is 160 Å². The molecule has 26 heavy (non-hydrogen) atoms. The number of thioether (sulfide) groups is 1. The number of rotatable bonds is 4. The molecule has 0 spiro atoms. The molecule has 2 aliphatic heterocycles. The number of carbonyl (C=O) groups is 1. The Kier molecular flexibility index (Phi) is 5.61. The maximum Gasteiger partial charge on any atom is 0.240 e. The van der Waals surface area contributed by atoms with Gasteiger partial charge in [0.15, 0.2) is 0 Å². The lowest BCUT2D eigenvalue weighted by Crippen LogP contribution is -2.35. The van der Waals surface area contributed by atoms with E-state index in [-0.39, 0.29) is 11.2 Å². The molecule has 2 fully saturated rings. The summed E-state index contributed by atoms with van der Waals surface area (Å²) >= 11 is 1.67. The van der Waals surface area contributed by atoms with E-state index < -0.39 is 0 Å². The van der Waals surface area contributed by atoms with Crippen LogP contribution in [0.3, 0.4) is 0 Å². The van der Waals surface area contributed by atoms with Crippen molar-refractivity contribution in [3.05, 3.63) is 66.2 Å². The molecule has 4 rings (SSSR count). The van der Waals surface area contributed by atoms with E-state index in [0.717, 1.165) is 61.3 Å². The summed E-state index contributed by atoms with van der Waals surface area (Å²) < 4.78 is 0. The van der Waals surface area contributed by atoms with Crippen LogP contribution in [0.15, 0.2) is 65.6 Å². The maximum absolute atomic E-state index is 13.5. The van der Waals surface area contributed by atoms with E-state index in [1.807, 2.05) is 36.4 Å². The van der Waals surface area contributed by atoms with E-state index in [1.54, 1.807) is 11.8 Å². The van der Waals surface area contributed by atoms with Gasteiger partial charge in [-0.2, -0.15) is 0 Å². The monoisotopic (exact) mass is 366 g/mol. The second-order valence-electron chi connectivity index (χ2n) is 7.30. The van der Waals surface area contributed by atoms with Crippen LogP contribution in [-0.2, 0) is 4.79 Å². The van der Waals surface area contributed by atoms with Crippen molar-refractivity contribution in [2.45, 2.75) is 23.0 Å². The molecule has 2 heterocycles. The lowest BCUT2D eigenvalue weighted by molar-refractivity contribution is -0.130. The Morgan fingerprint density at radius 1 is 0.923 bits per heavy atom. The molecule has 1 unspecified atom stereocenters. The number of likely N-dealkylation sites (tertiary alicyclic amines) is 1. The van der Waals surface area contributed by atoms with E-state index in [0.29, 0.717) is 0 Å². The van der Waals surface area contributed by atoms with Gasteiger partial charge in [0.1, 0.15) is 5.25 Å². The zero-order valence-corrected chi connectivity index (χ0v) is 15.8. The van der Waals surface area contributed by atoms with Crippen LogP contribution in [-0.4, -0.2) is 37.0 Å². The van der Waals surface area contributed by atoms with Crippen LogP contribution in [0.1, 0.15) is 23.7 Å². The van der Waals surface area contributed by atoms with E-state index in [1.165, 1.54) is 0 Å². The maximum atomic E-state index is 13.5. The number of carbonyl (C=O) groups excluding carboxylic acids is 1. The van der Waals surface area contributed by atoms with Gasteiger partial charge in [-0.15, -0.1) is 11.8 Å². The fourth-order valence-corrected chi connectivity index (χ4v) is 5.26. The molecular formula is C22H26N2OS. The van der Waals surface area contributed by atoms with Gasteiger partial charge >= 0.3 is 0 Å². The summed E-state index contributed by atoms with van der Waals surface area (Å²) in [6.45, 7) is 4.02. The third kappa shape index (κ3) is 3.97. The number of nitrogens with one attached hydrogen (secondary N) is 1. The number of hydrogen-bond donors (Lipinski definition) is 1. The van der Waals surface area contributed by atoms with Crippen molar-refractivity contribution in [1.82, 2.24) is 10.2 Å². The van der Waals surface area contributed by atoms with Gasteiger partial charge in [-0.05, 0) is 55.5 Å². The van der Waals surface area contributed by atoms with Gasteiger partial charge in [0.25, 0.3) is 0 Å². The average Bonchev–Trinajstić information content (AvgIpc) is 3.05. The van der Waals surface area contributed by atoms with Crippen LogP contribution in [0.2, 0.25) is 0 Å². The summed E-state index contributed by atoms with van der Waals surface area (Å²) in [4.78, 5) is 16.7. The molecule has 2 saturated heterocycles. The minimum atomic E-state index is -0.172. The summed E-state index contributed by atoms with van der Waals surface area (Å²) in [7, 11) is 0. The largest absolute Gasteiger partial charge is 0.341 e. The molecule has 0 radical (unpaired) electrons. The van der Waals surface area contributed by atoms with E-state index in [4.69, 9.17) is 0 Å². The van der Waals surface area contributed by atoms with Gasteiger partial charge in [0.05, 0.1) is 0 Å². The molecule has 136 valence electrons. The Morgan fingerprint density at radius 2 is 1.50 bits per heavy atom. The summed E-state index contributed by atoms with van der Waals surface area (Å²) in [5.74, 6) is 1.74. The number of benzene rings is 2. The molecule has 2 aliphatic rings. The summed E-state index contributed by atoms with van der Waals surface area (Å²) in [5, 5.41) is 3.34. The molecule has 3 atom stereocenters. The Morgan fingerprint density at radius 3 is 2.12 bits per heavy atom. The predicted octanol–water partition coefficient (Wildman–Crippen LogP) is 3.98. The number of fused-ring (bicyclic) bond motifs is 1. The lowest BCUT2D eigenvalue weighted by Gasteiger charge is -2.26. The highest BCUT2D eigenvalue weighted by atomic mass is 32.2. The first-order valence-corrected chi connectivity index (χ1v) is 10.5. The Bertz CT molecular complexity index is 707. The third-order valence-electron chi connectivity index (χ3n) is 5.65. The third-order valence-corrected chi connectivity index (χ3v) is 6.91. The van der Waals surface area contributed by atoms with Crippen molar-refractivity contribution in [1.29, 1.82) is 0 Å². The number of nitrogens with zero attached hydrogens (tertiary/aromatic N) is 1. The number of hydrogen-bond acceptors (Lipinski definition) is 3. The summed E-state index contributed by atoms with van der Waals surface area (Å²) in [6.07, 6.45) is 2.25. The molecule has 2 aromatic rings. The van der Waals surface area contributed by atoms with Crippen molar-refractivity contribution in [3.63, 3.8) is 0 Å². The van der Waals surface area contributed by atoms with Crippen molar-refractivity contribution >= 4 is 17.7 Å². The van der Waals surface area contributed by atoms with Crippen LogP contribution in [0.25, 0.3) is 0 Å². The van der Waals surface area contributed by atoms with Gasteiger partial charge in [-0.25, -0.2) is 0 Å². The summed E-state index contributed by atoms with van der Waals surface area (Å²) in [5.41, 5.74) is 1.09. The number of amides is 1. The van der Waals surface area contributed by atoms with Crippen LogP contribution in [0.4, 0.5) is 0 Å². The fraction of sp³-hybridized carbons (Fsp3) is 0.409. The van der Waals surface area contributed by atoms with E-state index in [2.05, 4.69) is 34.5 Å². The molecule has 0 aromatic heterocycles. The van der Waals surface area contributed by atoms with E-state index >= 15 is 0 Å². The minimum absolute atomic E-state index is 0.172. The molecular weight excluding hydrogens is 340 g/mol. The van der Waals surface area contributed by atoms with Crippen molar-refractivity contribution in [2.24, 2.45) is 11.8 Å². The highest BCUT2D eigenvalue weighted by Gasteiger charge is 2.34. The van der Waals surface area contributed by atoms with Crippen molar-refractivity contribution in [3.8, 4) is 0 Å². The molecule has 1 N–H and O–H groups in total. The van der Waals surface area contributed by atoms with Gasteiger partial charge in [-0.3, -0.25) is 4.79 Å². The molecule has 1 amide bonds. The van der Waals surface area contributed by atoms with Crippen molar-refractivity contribution in [2.75, 3.05) is 26.2 Å². The zero-order chi connectivity index (χ0) is 17.8.